The minimum atomic E-state index is -0.981. The van der Waals surface area contributed by atoms with E-state index >= 15 is 0 Å². The number of anilines is 1. The Balaban J connectivity index is 1.52. The van der Waals surface area contributed by atoms with Crippen molar-refractivity contribution in [1.82, 2.24) is 9.55 Å². The maximum atomic E-state index is 12.6. The molecular formula is C23H23N3O4. The van der Waals surface area contributed by atoms with Crippen LogP contribution in [0.3, 0.4) is 0 Å². The van der Waals surface area contributed by atoms with E-state index in [9.17, 15) is 14.4 Å². The number of carbonyl (C=O) groups is 2. The van der Waals surface area contributed by atoms with Crippen LogP contribution in [0.4, 0.5) is 5.69 Å². The summed E-state index contributed by atoms with van der Waals surface area (Å²) in [7, 11) is 0. The van der Waals surface area contributed by atoms with Crippen LogP contribution in [0.5, 0.6) is 0 Å². The molecule has 0 radical (unpaired) electrons. The van der Waals surface area contributed by atoms with Crippen molar-refractivity contribution in [2.45, 2.75) is 46.3 Å². The van der Waals surface area contributed by atoms with Crippen molar-refractivity contribution in [2.75, 3.05) is 5.32 Å². The highest BCUT2D eigenvalue weighted by Crippen LogP contribution is 2.20. The number of amides is 1. The van der Waals surface area contributed by atoms with E-state index < -0.39 is 18.0 Å². The summed E-state index contributed by atoms with van der Waals surface area (Å²) in [5.41, 5.74) is 3.21. The lowest BCUT2D eigenvalue weighted by atomic mass is 10.1. The van der Waals surface area contributed by atoms with Crippen LogP contribution in [0.25, 0.3) is 10.9 Å². The molecule has 0 spiro atoms. The number of esters is 1. The van der Waals surface area contributed by atoms with Crippen molar-refractivity contribution < 1.29 is 14.3 Å². The van der Waals surface area contributed by atoms with E-state index in [1.807, 2.05) is 32.0 Å². The first-order chi connectivity index (χ1) is 14.3. The zero-order valence-corrected chi connectivity index (χ0v) is 17.2. The van der Waals surface area contributed by atoms with Crippen LogP contribution in [0.2, 0.25) is 0 Å². The number of ether oxygens (including phenoxy) is 1. The van der Waals surface area contributed by atoms with Crippen LogP contribution in [-0.2, 0) is 22.5 Å². The van der Waals surface area contributed by atoms with Gasteiger partial charge in [-0.25, -0.2) is 9.78 Å². The zero-order chi connectivity index (χ0) is 21.4. The molecule has 0 unspecified atom stereocenters. The van der Waals surface area contributed by atoms with Crippen molar-refractivity contribution in [2.24, 2.45) is 0 Å². The number of para-hydroxylation sites is 1. The fraction of sp³-hybridized carbons (Fsp3) is 0.304. The number of hydrogen-bond acceptors (Lipinski definition) is 5. The monoisotopic (exact) mass is 405 g/mol. The maximum Gasteiger partial charge on any atom is 0.338 e. The minimum Gasteiger partial charge on any atom is -0.449 e. The van der Waals surface area contributed by atoms with Crippen LogP contribution in [0.1, 0.15) is 40.7 Å². The van der Waals surface area contributed by atoms with Crippen molar-refractivity contribution in [3.05, 3.63) is 69.3 Å². The highest BCUT2D eigenvalue weighted by molar-refractivity contribution is 5.99. The molecule has 0 saturated carbocycles. The van der Waals surface area contributed by atoms with Gasteiger partial charge in [-0.2, -0.15) is 0 Å². The van der Waals surface area contributed by atoms with Gasteiger partial charge in [0, 0.05) is 18.7 Å². The molecule has 1 N–H and O–H groups in total. The first kappa shape index (κ1) is 19.8. The molecule has 0 fully saturated rings. The average Bonchev–Trinajstić information content (AvgIpc) is 3.19. The summed E-state index contributed by atoms with van der Waals surface area (Å²) in [6.07, 6.45) is 0.654. The highest BCUT2D eigenvalue weighted by Gasteiger charge is 2.22. The lowest BCUT2D eigenvalue weighted by Gasteiger charge is -2.16. The molecule has 1 aromatic heterocycles. The number of aryl methyl sites for hydroxylation is 3. The van der Waals surface area contributed by atoms with Gasteiger partial charge in [0.25, 0.3) is 11.5 Å². The Kier molecular flexibility index (Phi) is 5.11. The molecule has 7 heteroatoms. The normalized spacial score (nSPS) is 13.7. The van der Waals surface area contributed by atoms with Gasteiger partial charge in [-0.1, -0.05) is 18.2 Å². The molecule has 0 bridgehead atoms. The maximum absolute atomic E-state index is 12.6. The summed E-state index contributed by atoms with van der Waals surface area (Å²) < 4.78 is 7.04. The molecule has 1 aliphatic heterocycles. The molecule has 3 aromatic rings. The van der Waals surface area contributed by atoms with Crippen molar-refractivity contribution in [1.29, 1.82) is 0 Å². The van der Waals surface area contributed by atoms with Gasteiger partial charge in [0.2, 0.25) is 0 Å². The SMILES string of the molecule is Cc1cccc(C)c1NC(=O)[C@@H](C)OC(=O)c1ccc2c(=O)n3c(nc2c1)CCC3. The summed E-state index contributed by atoms with van der Waals surface area (Å²) >= 11 is 0. The van der Waals surface area contributed by atoms with E-state index in [1.54, 1.807) is 16.7 Å². The van der Waals surface area contributed by atoms with Crippen molar-refractivity contribution >= 4 is 28.5 Å². The third-order valence-electron chi connectivity index (χ3n) is 5.43. The Bertz CT molecular complexity index is 1210. The number of benzene rings is 2. The van der Waals surface area contributed by atoms with E-state index in [-0.39, 0.29) is 11.1 Å². The minimum absolute atomic E-state index is 0.0891. The van der Waals surface area contributed by atoms with E-state index in [0.717, 1.165) is 35.5 Å². The first-order valence-electron chi connectivity index (χ1n) is 9.96. The molecule has 7 nitrogen and oxygen atoms in total. The lowest BCUT2D eigenvalue weighted by molar-refractivity contribution is -0.123. The highest BCUT2D eigenvalue weighted by atomic mass is 16.5. The summed E-state index contributed by atoms with van der Waals surface area (Å²) in [5, 5.41) is 3.30. The summed E-state index contributed by atoms with van der Waals surface area (Å²) in [4.78, 5) is 42.2. The van der Waals surface area contributed by atoms with Crippen molar-refractivity contribution in [3.8, 4) is 0 Å². The number of hydrogen-bond donors (Lipinski definition) is 1. The Morgan fingerprint density at radius 2 is 1.90 bits per heavy atom. The largest absolute Gasteiger partial charge is 0.449 e. The van der Waals surface area contributed by atoms with Gasteiger partial charge in [-0.15, -0.1) is 0 Å². The van der Waals surface area contributed by atoms with Crippen LogP contribution in [-0.4, -0.2) is 27.5 Å². The molecule has 1 amide bonds. The zero-order valence-electron chi connectivity index (χ0n) is 17.2. The molecule has 2 heterocycles. The first-order valence-corrected chi connectivity index (χ1v) is 9.96. The second-order valence-electron chi connectivity index (χ2n) is 7.62. The predicted octanol–water partition coefficient (Wildman–Crippen LogP) is 3.14. The Morgan fingerprint density at radius 1 is 1.17 bits per heavy atom. The molecule has 1 atom stereocenters. The second kappa shape index (κ2) is 7.74. The number of nitrogens with one attached hydrogen (secondary N) is 1. The van der Waals surface area contributed by atoms with Gasteiger partial charge >= 0.3 is 5.97 Å². The average molecular weight is 405 g/mol. The molecule has 0 aliphatic carbocycles. The van der Waals surface area contributed by atoms with Crippen LogP contribution in [0.15, 0.2) is 41.2 Å². The van der Waals surface area contributed by atoms with Crippen molar-refractivity contribution in [3.63, 3.8) is 0 Å². The third kappa shape index (κ3) is 3.58. The topological polar surface area (TPSA) is 90.3 Å². The fourth-order valence-electron chi connectivity index (χ4n) is 3.73. The Labute approximate surface area is 173 Å². The smallest absolute Gasteiger partial charge is 0.338 e. The van der Waals surface area contributed by atoms with Gasteiger partial charge < -0.3 is 10.1 Å². The molecule has 154 valence electrons. The summed E-state index contributed by atoms with van der Waals surface area (Å²) in [6.45, 7) is 6.01. The quantitative estimate of drug-likeness (QED) is 0.674. The number of carbonyl (C=O) groups excluding carboxylic acids is 2. The number of rotatable bonds is 4. The van der Waals surface area contributed by atoms with Gasteiger partial charge in [-0.05, 0) is 56.5 Å². The molecule has 4 rings (SSSR count). The van der Waals surface area contributed by atoms with Gasteiger partial charge in [0.15, 0.2) is 6.10 Å². The number of nitrogens with zero attached hydrogens (tertiary/aromatic N) is 2. The van der Waals surface area contributed by atoms with Crippen LogP contribution >= 0.6 is 0 Å². The van der Waals surface area contributed by atoms with Crippen LogP contribution < -0.4 is 10.9 Å². The fourth-order valence-corrected chi connectivity index (χ4v) is 3.73. The Hall–Kier alpha value is -3.48. The predicted molar refractivity (Wildman–Crippen MR) is 114 cm³/mol. The van der Waals surface area contributed by atoms with Gasteiger partial charge in [-0.3, -0.25) is 14.2 Å². The van der Waals surface area contributed by atoms with Gasteiger partial charge in [0.1, 0.15) is 5.82 Å². The van der Waals surface area contributed by atoms with E-state index in [1.165, 1.54) is 13.0 Å². The molecule has 0 saturated heterocycles. The Morgan fingerprint density at radius 3 is 2.63 bits per heavy atom. The number of aromatic nitrogens is 2. The molecule has 2 aromatic carbocycles. The summed E-state index contributed by atoms with van der Waals surface area (Å²) in [5.74, 6) is -0.307. The third-order valence-corrected chi connectivity index (χ3v) is 5.43. The standard InChI is InChI=1S/C23H23N3O4/c1-13-6-4-7-14(2)20(13)25-21(27)15(3)30-23(29)16-9-10-17-18(12-16)24-19-8-5-11-26(19)22(17)28/h4,6-7,9-10,12,15H,5,8,11H2,1-3H3,(H,25,27)/t15-/m1/s1. The van der Waals surface area contributed by atoms with E-state index in [2.05, 4.69) is 10.3 Å². The molecule has 1 aliphatic rings. The van der Waals surface area contributed by atoms with Gasteiger partial charge in [0.05, 0.1) is 16.5 Å². The second-order valence-corrected chi connectivity index (χ2v) is 7.62. The van der Waals surface area contributed by atoms with E-state index in [0.29, 0.717) is 17.4 Å². The van der Waals surface area contributed by atoms with E-state index in [4.69, 9.17) is 4.74 Å². The molecular weight excluding hydrogens is 382 g/mol. The number of fused-ring (bicyclic) bond motifs is 2. The lowest BCUT2D eigenvalue weighted by Crippen LogP contribution is -2.30. The molecule has 30 heavy (non-hydrogen) atoms. The summed E-state index contributed by atoms with van der Waals surface area (Å²) in [6, 6.07) is 10.4. The van der Waals surface area contributed by atoms with Crippen LogP contribution in [0, 0.1) is 13.8 Å².